The number of benzene rings is 1. The van der Waals surface area contributed by atoms with E-state index in [2.05, 4.69) is 0 Å². The van der Waals surface area contributed by atoms with Crippen LogP contribution in [-0.4, -0.2) is 46.6 Å². The van der Waals surface area contributed by atoms with Crippen LogP contribution in [0.4, 0.5) is 5.69 Å². The lowest BCUT2D eigenvalue weighted by molar-refractivity contribution is 0.0288. The molecule has 0 amide bonds. The average Bonchev–Trinajstić information content (AvgIpc) is 2.46. The van der Waals surface area contributed by atoms with Crippen molar-refractivity contribution in [2.75, 3.05) is 46.4 Å². The lowest BCUT2D eigenvalue weighted by atomic mass is 10.2. The Bertz CT molecular complexity index is 422. The van der Waals surface area contributed by atoms with Crippen molar-refractivity contribution in [3.05, 3.63) is 23.8 Å². The summed E-state index contributed by atoms with van der Waals surface area (Å²) in [5.74, 6) is 0.0999. The van der Waals surface area contributed by atoms with E-state index < -0.39 is 5.97 Å². The predicted octanol–water partition coefficient (Wildman–Crippen LogP) is 1.49. The monoisotopic (exact) mass is 283 g/mol. The SMILES string of the molecule is COCCCOCCOC(=O)c1ccc(OC)c(N)c1. The van der Waals surface area contributed by atoms with Crippen LogP contribution in [0.2, 0.25) is 0 Å². The van der Waals surface area contributed by atoms with Crippen LogP contribution in [-0.2, 0) is 14.2 Å². The quantitative estimate of drug-likeness (QED) is 0.420. The molecule has 0 heterocycles. The van der Waals surface area contributed by atoms with E-state index in [1.807, 2.05) is 0 Å². The van der Waals surface area contributed by atoms with Gasteiger partial charge in [0.2, 0.25) is 0 Å². The topological polar surface area (TPSA) is 80.0 Å². The van der Waals surface area contributed by atoms with Crippen LogP contribution < -0.4 is 10.5 Å². The van der Waals surface area contributed by atoms with Gasteiger partial charge < -0.3 is 24.7 Å². The molecule has 0 fully saturated rings. The van der Waals surface area contributed by atoms with Crippen molar-refractivity contribution < 1.29 is 23.7 Å². The Morgan fingerprint density at radius 2 is 1.95 bits per heavy atom. The zero-order valence-electron chi connectivity index (χ0n) is 11.9. The third-order valence-electron chi connectivity index (χ3n) is 2.56. The maximum absolute atomic E-state index is 11.7. The standard InChI is InChI=1S/C14H21NO5/c1-17-6-3-7-19-8-9-20-14(16)11-4-5-13(18-2)12(15)10-11/h4-5,10H,3,6-9,15H2,1-2H3. The van der Waals surface area contributed by atoms with E-state index in [1.54, 1.807) is 19.2 Å². The first-order valence-electron chi connectivity index (χ1n) is 6.36. The third-order valence-corrected chi connectivity index (χ3v) is 2.56. The predicted molar refractivity (Wildman–Crippen MR) is 75.0 cm³/mol. The number of esters is 1. The zero-order valence-corrected chi connectivity index (χ0v) is 11.9. The Balaban J connectivity index is 2.27. The molecule has 6 heteroatoms. The van der Waals surface area contributed by atoms with Crippen LogP contribution in [0.5, 0.6) is 5.75 Å². The summed E-state index contributed by atoms with van der Waals surface area (Å²) < 4.78 is 20.3. The highest BCUT2D eigenvalue weighted by Crippen LogP contribution is 2.22. The van der Waals surface area contributed by atoms with E-state index in [0.717, 1.165) is 6.42 Å². The number of ether oxygens (including phenoxy) is 4. The maximum atomic E-state index is 11.7. The van der Waals surface area contributed by atoms with E-state index in [9.17, 15) is 4.79 Å². The van der Waals surface area contributed by atoms with Gasteiger partial charge in [0.15, 0.2) is 0 Å². The van der Waals surface area contributed by atoms with E-state index in [4.69, 9.17) is 24.7 Å². The molecule has 0 aliphatic carbocycles. The minimum absolute atomic E-state index is 0.206. The number of nitrogen functional groups attached to an aromatic ring is 1. The summed E-state index contributed by atoms with van der Waals surface area (Å²) in [7, 11) is 3.16. The normalized spacial score (nSPS) is 10.3. The van der Waals surface area contributed by atoms with Crippen molar-refractivity contribution in [1.82, 2.24) is 0 Å². The Morgan fingerprint density at radius 3 is 2.60 bits per heavy atom. The Morgan fingerprint density at radius 1 is 1.15 bits per heavy atom. The minimum Gasteiger partial charge on any atom is -0.495 e. The molecule has 0 saturated carbocycles. The molecule has 0 aliphatic rings. The van der Waals surface area contributed by atoms with Gasteiger partial charge in [0.1, 0.15) is 12.4 Å². The fraction of sp³-hybridized carbons (Fsp3) is 0.500. The molecule has 112 valence electrons. The summed E-state index contributed by atoms with van der Waals surface area (Å²) in [5, 5.41) is 0. The molecule has 20 heavy (non-hydrogen) atoms. The van der Waals surface area contributed by atoms with Gasteiger partial charge in [0.05, 0.1) is 25.0 Å². The van der Waals surface area contributed by atoms with Crippen molar-refractivity contribution in [2.24, 2.45) is 0 Å². The van der Waals surface area contributed by atoms with E-state index in [1.165, 1.54) is 13.2 Å². The number of carbonyl (C=O) groups is 1. The maximum Gasteiger partial charge on any atom is 0.338 e. The van der Waals surface area contributed by atoms with Crippen LogP contribution in [0, 0.1) is 0 Å². The molecule has 0 atom stereocenters. The van der Waals surface area contributed by atoms with Crippen LogP contribution >= 0.6 is 0 Å². The number of carbonyl (C=O) groups excluding carboxylic acids is 1. The number of rotatable bonds is 9. The van der Waals surface area contributed by atoms with Crippen molar-refractivity contribution in [1.29, 1.82) is 0 Å². The van der Waals surface area contributed by atoms with Crippen LogP contribution in [0.15, 0.2) is 18.2 Å². The summed E-state index contributed by atoms with van der Waals surface area (Å²) >= 11 is 0. The number of methoxy groups -OCH3 is 2. The first kappa shape index (κ1) is 16.3. The fourth-order valence-electron chi connectivity index (χ4n) is 1.55. The van der Waals surface area contributed by atoms with Crippen LogP contribution in [0.25, 0.3) is 0 Å². The molecular formula is C14H21NO5. The first-order chi connectivity index (χ1) is 9.69. The molecule has 2 N–H and O–H groups in total. The summed E-state index contributed by atoms with van der Waals surface area (Å²) in [4.78, 5) is 11.7. The summed E-state index contributed by atoms with van der Waals surface area (Å²) in [6, 6.07) is 4.77. The van der Waals surface area contributed by atoms with Gasteiger partial charge in [0.25, 0.3) is 0 Å². The lowest BCUT2D eigenvalue weighted by Crippen LogP contribution is -2.12. The molecule has 1 rings (SSSR count). The summed E-state index contributed by atoms with van der Waals surface area (Å²) in [6.07, 6.45) is 0.819. The molecule has 0 aromatic heterocycles. The van der Waals surface area contributed by atoms with Gasteiger partial charge in [-0.1, -0.05) is 0 Å². The van der Waals surface area contributed by atoms with Gasteiger partial charge in [0, 0.05) is 20.3 Å². The van der Waals surface area contributed by atoms with Crippen LogP contribution in [0.1, 0.15) is 16.8 Å². The molecule has 0 spiro atoms. The molecule has 0 bridgehead atoms. The molecule has 0 saturated heterocycles. The van der Waals surface area contributed by atoms with Gasteiger partial charge in [-0.3, -0.25) is 0 Å². The number of hydrogen-bond acceptors (Lipinski definition) is 6. The molecule has 1 aromatic carbocycles. The highest BCUT2D eigenvalue weighted by Gasteiger charge is 2.09. The highest BCUT2D eigenvalue weighted by molar-refractivity contribution is 5.91. The number of anilines is 1. The molecular weight excluding hydrogens is 262 g/mol. The first-order valence-corrected chi connectivity index (χ1v) is 6.36. The molecule has 1 aromatic rings. The van der Waals surface area contributed by atoms with Gasteiger partial charge in [-0.15, -0.1) is 0 Å². The zero-order chi connectivity index (χ0) is 14.8. The lowest BCUT2D eigenvalue weighted by Gasteiger charge is -2.08. The molecule has 0 unspecified atom stereocenters. The van der Waals surface area contributed by atoms with Crippen molar-refractivity contribution in [3.63, 3.8) is 0 Å². The van der Waals surface area contributed by atoms with Gasteiger partial charge in [-0.25, -0.2) is 4.79 Å². The Hall–Kier alpha value is -1.79. The van der Waals surface area contributed by atoms with E-state index in [0.29, 0.717) is 36.8 Å². The third kappa shape index (κ3) is 5.46. The van der Waals surface area contributed by atoms with Crippen molar-refractivity contribution in [2.45, 2.75) is 6.42 Å². The second-order valence-electron chi connectivity index (χ2n) is 4.05. The van der Waals surface area contributed by atoms with Crippen molar-refractivity contribution in [3.8, 4) is 5.75 Å². The highest BCUT2D eigenvalue weighted by atomic mass is 16.6. The van der Waals surface area contributed by atoms with Gasteiger partial charge in [-0.2, -0.15) is 0 Å². The number of hydrogen-bond donors (Lipinski definition) is 1. The minimum atomic E-state index is -0.431. The smallest absolute Gasteiger partial charge is 0.338 e. The average molecular weight is 283 g/mol. The van der Waals surface area contributed by atoms with Crippen LogP contribution in [0.3, 0.4) is 0 Å². The number of nitrogens with two attached hydrogens (primary N) is 1. The summed E-state index contributed by atoms with van der Waals surface area (Å²) in [6.45, 7) is 1.81. The van der Waals surface area contributed by atoms with E-state index in [-0.39, 0.29) is 6.61 Å². The van der Waals surface area contributed by atoms with Crippen molar-refractivity contribution >= 4 is 11.7 Å². The largest absolute Gasteiger partial charge is 0.495 e. The van der Waals surface area contributed by atoms with Gasteiger partial charge >= 0.3 is 5.97 Å². The molecule has 6 nitrogen and oxygen atoms in total. The van der Waals surface area contributed by atoms with E-state index >= 15 is 0 Å². The second kappa shape index (κ2) is 9.17. The Kier molecular flexibility index (Phi) is 7.46. The van der Waals surface area contributed by atoms with Gasteiger partial charge in [-0.05, 0) is 24.6 Å². The molecule has 0 aliphatic heterocycles. The fourth-order valence-corrected chi connectivity index (χ4v) is 1.55. The summed E-state index contributed by atoms with van der Waals surface area (Å²) in [5.41, 5.74) is 6.52. The Labute approximate surface area is 118 Å². The second-order valence-corrected chi connectivity index (χ2v) is 4.05. The molecule has 0 radical (unpaired) electrons.